The fourth-order valence-electron chi connectivity index (χ4n) is 3.78. The molecule has 4 rings (SSSR count). The first kappa shape index (κ1) is 15.9. The van der Waals surface area contributed by atoms with Crippen LogP contribution in [0.15, 0.2) is 24.4 Å². The highest BCUT2D eigenvalue weighted by molar-refractivity contribution is 6.00. The molecule has 1 fully saturated rings. The number of nitrogens with two attached hydrogens (primary N) is 1. The number of hydrogen-bond donors (Lipinski definition) is 2. The van der Waals surface area contributed by atoms with E-state index in [9.17, 15) is 4.79 Å². The lowest BCUT2D eigenvalue weighted by molar-refractivity contribution is 0.0824. The van der Waals surface area contributed by atoms with Gasteiger partial charge in [0.2, 0.25) is 0 Å². The minimum absolute atomic E-state index is 0.0874. The van der Waals surface area contributed by atoms with Crippen molar-refractivity contribution in [1.29, 1.82) is 0 Å². The number of anilines is 2. The van der Waals surface area contributed by atoms with Gasteiger partial charge in [-0.25, -0.2) is 9.37 Å². The van der Waals surface area contributed by atoms with Gasteiger partial charge in [0.05, 0.1) is 5.56 Å². The Labute approximate surface area is 146 Å². The molecule has 0 bridgehead atoms. The van der Waals surface area contributed by atoms with Crippen molar-refractivity contribution < 1.29 is 9.18 Å². The Bertz CT molecular complexity index is 889. The van der Waals surface area contributed by atoms with Crippen LogP contribution >= 0.6 is 0 Å². The average molecular weight is 340 g/mol. The molecule has 1 aliphatic carbocycles. The molecule has 1 saturated carbocycles. The summed E-state index contributed by atoms with van der Waals surface area (Å²) in [6.45, 7) is 2.16. The number of benzene rings is 1. The maximum absolute atomic E-state index is 15.1. The van der Waals surface area contributed by atoms with Gasteiger partial charge in [0, 0.05) is 54.1 Å². The number of hydrogen-bond acceptors (Lipinski definition) is 4. The molecule has 2 heterocycles. The number of amides is 1. The Morgan fingerprint density at radius 3 is 2.76 bits per heavy atom. The summed E-state index contributed by atoms with van der Waals surface area (Å²) >= 11 is 0. The molecular formula is C19H21FN4O. The zero-order valence-electron chi connectivity index (χ0n) is 14.6. The predicted molar refractivity (Wildman–Crippen MR) is 96.1 cm³/mol. The van der Waals surface area contributed by atoms with E-state index in [0.717, 1.165) is 24.2 Å². The van der Waals surface area contributed by atoms with Gasteiger partial charge in [-0.05, 0) is 38.0 Å². The summed E-state index contributed by atoms with van der Waals surface area (Å²) in [5.41, 5.74) is 8.21. The van der Waals surface area contributed by atoms with Crippen LogP contribution in [0.2, 0.25) is 0 Å². The minimum Gasteiger partial charge on any atom is -0.398 e. The predicted octanol–water partition coefficient (Wildman–Crippen LogP) is 3.02. The number of pyridine rings is 1. The Balaban J connectivity index is 1.83. The van der Waals surface area contributed by atoms with E-state index >= 15 is 4.39 Å². The molecule has 1 aliphatic heterocycles. The highest BCUT2D eigenvalue weighted by Gasteiger charge is 2.54. The maximum atomic E-state index is 15.1. The molecule has 2 aliphatic rings. The van der Waals surface area contributed by atoms with Crippen molar-refractivity contribution in [2.75, 3.05) is 25.1 Å². The highest BCUT2D eigenvalue weighted by atomic mass is 19.1. The minimum atomic E-state index is -0.593. The summed E-state index contributed by atoms with van der Waals surface area (Å²) < 4.78 is 15.1. The molecule has 1 spiro atoms. The summed E-state index contributed by atoms with van der Waals surface area (Å²) in [5.74, 6) is -0.154. The van der Waals surface area contributed by atoms with Gasteiger partial charge in [-0.15, -0.1) is 0 Å². The Morgan fingerprint density at radius 1 is 1.40 bits per heavy atom. The summed E-state index contributed by atoms with van der Waals surface area (Å²) in [4.78, 5) is 18.1. The molecule has 1 amide bonds. The van der Waals surface area contributed by atoms with E-state index in [4.69, 9.17) is 5.73 Å². The van der Waals surface area contributed by atoms with Crippen molar-refractivity contribution in [2.24, 2.45) is 0 Å². The average Bonchev–Trinajstić information content (AvgIpc) is 3.32. The van der Waals surface area contributed by atoms with Gasteiger partial charge in [0.25, 0.3) is 5.91 Å². The lowest BCUT2D eigenvalue weighted by Crippen LogP contribution is -2.24. The van der Waals surface area contributed by atoms with Crippen molar-refractivity contribution >= 4 is 17.4 Å². The van der Waals surface area contributed by atoms with Crippen molar-refractivity contribution in [1.82, 2.24) is 9.88 Å². The van der Waals surface area contributed by atoms with Gasteiger partial charge >= 0.3 is 0 Å². The monoisotopic (exact) mass is 340 g/mol. The van der Waals surface area contributed by atoms with E-state index in [0.29, 0.717) is 17.2 Å². The molecule has 1 aromatic carbocycles. The molecule has 0 radical (unpaired) electrons. The second-order valence-electron chi connectivity index (χ2n) is 7.23. The first-order valence-corrected chi connectivity index (χ1v) is 8.42. The third-order valence-electron chi connectivity index (χ3n) is 5.50. The largest absolute Gasteiger partial charge is 0.398 e. The van der Waals surface area contributed by atoms with Gasteiger partial charge in [-0.2, -0.15) is 0 Å². The number of nitrogens with one attached hydrogen (secondary N) is 1. The van der Waals surface area contributed by atoms with Gasteiger partial charge in [-0.1, -0.05) is 0 Å². The normalized spacial score (nSPS) is 19.4. The van der Waals surface area contributed by atoms with Crippen molar-refractivity contribution in [3.63, 3.8) is 0 Å². The molecule has 0 unspecified atom stereocenters. The summed E-state index contributed by atoms with van der Waals surface area (Å²) in [6, 6.07) is 5.54. The fraction of sp³-hybridized carbons (Fsp3) is 0.368. The molecule has 25 heavy (non-hydrogen) atoms. The second-order valence-corrected chi connectivity index (χ2v) is 7.23. The number of rotatable bonds is 2. The van der Waals surface area contributed by atoms with Crippen LogP contribution < -0.4 is 11.1 Å². The lowest BCUT2D eigenvalue weighted by atomic mass is 9.91. The third kappa shape index (κ3) is 2.20. The van der Waals surface area contributed by atoms with E-state index in [2.05, 4.69) is 17.2 Å². The van der Waals surface area contributed by atoms with Crippen LogP contribution in [0.5, 0.6) is 0 Å². The summed E-state index contributed by atoms with van der Waals surface area (Å²) in [7, 11) is 3.16. The Morgan fingerprint density at radius 2 is 2.12 bits per heavy atom. The molecule has 3 N–H and O–H groups in total. The van der Waals surface area contributed by atoms with Crippen LogP contribution in [-0.4, -0.2) is 35.9 Å². The zero-order chi connectivity index (χ0) is 17.9. The molecular weight excluding hydrogens is 319 g/mol. The van der Waals surface area contributed by atoms with E-state index in [1.54, 1.807) is 32.4 Å². The number of nitrogen functional groups attached to an aromatic ring is 1. The number of fused-ring (bicyclic) bond motifs is 2. The topological polar surface area (TPSA) is 71.2 Å². The van der Waals surface area contributed by atoms with Crippen molar-refractivity contribution in [2.45, 2.75) is 31.2 Å². The number of nitrogens with zero attached hydrogens (tertiary/aromatic N) is 2. The standard InChI is InChI=1S/C19H21FN4O/c1-10-19(6-7-19)13-8-11(9-22-17(13)23-10)12-4-5-14(21)15(16(12)20)18(25)24(2)3/h4-5,8-10H,6-7,21H2,1-3H3,(H,22,23)/t10-/m1/s1. The number of carbonyl (C=O) groups is 1. The van der Waals surface area contributed by atoms with Crippen LogP contribution in [0.25, 0.3) is 11.1 Å². The van der Waals surface area contributed by atoms with E-state index in [1.165, 1.54) is 4.90 Å². The van der Waals surface area contributed by atoms with Gasteiger partial charge in [0.1, 0.15) is 11.6 Å². The Hall–Kier alpha value is -2.63. The molecule has 130 valence electrons. The molecule has 0 saturated heterocycles. The smallest absolute Gasteiger partial charge is 0.258 e. The zero-order valence-corrected chi connectivity index (χ0v) is 14.6. The van der Waals surface area contributed by atoms with E-state index in [-0.39, 0.29) is 16.7 Å². The van der Waals surface area contributed by atoms with E-state index in [1.807, 2.05) is 6.07 Å². The summed E-state index contributed by atoms with van der Waals surface area (Å²) in [6.07, 6.45) is 3.89. The molecule has 1 aromatic heterocycles. The number of carbonyl (C=O) groups excluding carboxylic acids is 1. The van der Waals surface area contributed by atoms with E-state index < -0.39 is 11.7 Å². The first-order chi connectivity index (χ1) is 11.8. The van der Waals surface area contributed by atoms with Crippen molar-refractivity contribution in [3.8, 4) is 11.1 Å². The van der Waals surface area contributed by atoms with Gasteiger partial charge < -0.3 is 16.0 Å². The highest BCUT2D eigenvalue weighted by Crippen LogP contribution is 2.57. The lowest BCUT2D eigenvalue weighted by Gasteiger charge is -2.16. The van der Waals surface area contributed by atoms with Crippen LogP contribution in [0.1, 0.15) is 35.7 Å². The van der Waals surface area contributed by atoms with Gasteiger partial charge in [0.15, 0.2) is 0 Å². The molecule has 5 nitrogen and oxygen atoms in total. The van der Waals surface area contributed by atoms with Crippen LogP contribution in [0.4, 0.5) is 15.9 Å². The fourth-order valence-corrected chi connectivity index (χ4v) is 3.78. The van der Waals surface area contributed by atoms with Crippen LogP contribution in [0.3, 0.4) is 0 Å². The third-order valence-corrected chi connectivity index (χ3v) is 5.50. The van der Waals surface area contributed by atoms with Crippen molar-refractivity contribution in [3.05, 3.63) is 41.3 Å². The molecule has 6 heteroatoms. The van der Waals surface area contributed by atoms with Gasteiger partial charge in [-0.3, -0.25) is 4.79 Å². The molecule has 1 atom stereocenters. The maximum Gasteiger partial charge on any atom is 0.258 e. The van der Waals surface area contributed by atoms with Crippen LogP contribution in [-0.2, 0) is 5.41 Å². The summed E-state index contributed by atoms with van der Waals surface area (Å²) in [5, 5.41) is 3.41. The number of halogens is 1. The SMILES string of the molecule is C[C@H]1Nc2ncc(-c3ccc(N)c(C(=O)N(C)C)c3F)cc2C12CC2. The quantitative estimate of drug-likeness (QED) is 0.825. The van der Waals surface area contributed by atoms with Crippen LogP contribution in [0, 0.1) is 5.82 Å². The first-order valence-electron chi connectivity index (χ1n) is 8.42. The Kier molecular flexibility index (Phi) is 3.29. The second kappa shape index (κ2) is 5.18. The number of aromatic nitrogens is 1. The molecule has 2 aromatic rings.